The molecule has 1 N–H and O–H groups in total. The van der Waals surface area contributed by atoms with E-state index in [0.29, 0.717) is 31.5 Å². The van der Waals surface area contributed by atoms with E-state index >= 15 is 0 Å². The second-order valence-electron chi connectivity index (χ2n) is 9.95. The van der Waals surface area contributed by atoms with Gasteiger partial charge in [-0.2, -0.15) is 15.1 Å². The SMILES string of the molecule is CCCCOc1nc(NCc2cccc(OC)c2)c2cnn(Cc3ccc(CN4CCCCC4)cc3)c2n1. The summed E-state index contributed by atoms with van der Waals surface area (Å²) in [5, 5.41) is 9.02. The lowest BCUT2D eigenvalue weighted by Gasteiger charge is -2.26. The Morgan fingerprint density at radius 2 is 1.71 bits per heavy atom. The standard InChI is InChI=1S/C30H38N6O2/c1-3-4-17-38-30-33-28(31-19-25-9-8-10-26(18-25)37-2)27-20-32-36(29(27)34-30)22-24-13-11-23(12-14-24)21-35-15-6-5-7-16-35/h8-14,18,20H,3-7,15-17,19,21-22H2,1-2H3,(H,31,33,34). The van der Waals surface area contributed by atoms with Gasteiger partial charge in [-0.1, -0.05) is 56.2 Å². The molecule has 0 aliphatic carbocycles. The van der Waals surface area contributed by atoms with Crippen molar-refractivity contribution in [3.63, 3.8) is 0 Å². The predicted molar refractivity (Wildman–Crippen MR) is 151 cm³/mol. The number of nitrogens with zero attached hydrogens (tertiary/aromatic N) is 5. The zero-order valence-electron chi connectivity index (χ0n) is 22.5. The fraction of sp³-hybridized carbons (Fsp3) is 0.433. The Balaban J connectivity index is 1.34. The van der Waals surface area contributed by atoms with Crippen molar-refractivity contribution in [3.8, 4) is 11.8 Å². The van der Waals surface area contributed by atoms with Gasteiger partial charge >= 0.3 is 6.01 Å². The van der Waals surface area contributed by atoms with Crippen molar-refractivity contribution in [2.24, 2.45) is 0 Å². The van der Waals surface area contributed by atoms with Crippen LogP contribution in [0.15, 0.2) is 54.7 Å². The number of hydrogen-bond acceptors (Lipinski definition) is 7. The first-order chi connectivity index (χ1) is 18.7. The number of anilines is 1. The molecule has 0 saturated carbocycles. The zero-order valence-corrected chi connectivity index (χ0v) is 22.5. The average molecular weight is 515 g/mol. The molecule has 8 heteroatoms. The van der Waals surface area contributed by atoms with E-state index in [4.69, 9.17) is 14.5 Å². The minimum Gasteiger partial charge on any atom is -0.497 e. The van der Waals surface area contributed by atoms with Gasteiger partial charge in [0, 0.05) is 13.1 Å². The number of rotatable bonds is 12. The van der Waals surface area contributed by atoms with Crippen LogP contribution in [0.3, 0.4) is 0 Å². The molecule has 0 spiro atoms. The van der Waals surface area contributed by atoms with Crippen LogP contribution < -0.4 is 14.8 Å². The molecule has 0 amide bonds. The van der Waals surface area contributed by atoms with Crippen molar-refractivity contribution in [2.45, 2.75) is 58.7 Å². The van der Waals surface area contributed by atoms with Gasteiger partial charge in [-0.15, -0.1) is 0 Å². The fourth-order valence-electron chi connectivity index (χ4n) is 4.83. The van der Waals surface area contributed by atoms with Gasteiger partial charge in [0.25, 0.3) is 0 Å². The van der Waals surface area contributed by atoms with Crippen LogP contribution in [0.25, 0.3) is 11.0 Å². The van der Waals surface area contributed by atoms with E-state index in [9.17, 15) is 0 Å². The summed E-state index contributed by atoms with van der Waals surface area (Å²) >= 11 is 0. The second kappa shape index (κ2) is 12.7. The highest BCUT2D eigenvalue weighted by Crippen LogP contribution is 2.25. The Kier molecular flexibility index (Phi) is 8.71. The van der Waals surface area contributed by atoms with Crippen molar-refractivity contribution in [3.05, 3.63) is 71.4 Å². The highest BCUT2D eigenvalue weighted by molar-refractivity contribution is 5.86. The van der Waals surface area contributed by atoms with Crippen molar-refractivity contribution in [2.75, 3.05) is 32.1 Å². The van der Waals surface area contributed by atoms with Gasteiger partial charge in [0.05, 0.1) is 31.8 Å². The Labute approximate surface area is 225 Å². The van der Waals surface area contributed by atoms with Gasteiger partial charge in [0.2, 0.25) is 0 Å². The second-order valence-corrected chi connectivity index (χ2v) is 9.95. The molecule has 200 valence electrons. The molecule has 0 bridgehead atoms. The van der Waals surface area contributed by atoms with Crippen LogP contribution in [0.2, 0.25) is 0 Å². The number of piperidine rings is 1. The number of fused-ring (bicyclic) bond motifs is 1. The Hall–Kier alpha value is -3.65. The van der Waals surface area contributed by atoms with Crippen LogP contribution in [0, 0.1) is 0 Å². The normalized spacial score (nSPS) is 14.1. The predicted octanol–water partition coefficient (Wildman–Crippen LogP) is 5.66. The molecular formula is C30H38N6O2. The number of likely N-dealkylation sites (tertiary alicyclic amines) is 1. The minimum absolute atomic E-state index is 0.373. The molecule has 3 heterocycles. The molecule has 8 nitrogen and oxygen atoms in total. The number of benzene rings is 2. The largest absolute Gasteiger partial charge is 0.497 e. The van der Waals surface area contributed by atoms with E-state index in [0.717, 1.165) is 41.7 Å². The summed E-state index contributed by atoms with van der Waals surface area (Å²) in [7, 11) is 1.68. The third-order valence-corrected chi connectivity index (χ3v) is 7.01. The molecule has 1 saturated heterocycles. The van der Waals surface area contributed by atoms with Gasteiger partial charge in [0.15, 0.2) is 5.65 Å². The Morgan fingerprint density at radius 3 is 2.47 bits per heavy atom. The first-order valence-electron chi connectivity index (χ1n) is 13.7. The molecule has 2 aromatic heterocycles. The first kappa shape index (κ1) is 26.0. The topological polar surface area (TPSA) is 77.3 Å². The molecule has 0 atom stereocenters. The molecule has 2 aromatic carbocycles. The molecule has 4 aromatic rings. The van der Waals surface area contributed by atoms with E-state index in [1.54, 1.807) is 7.11 Å². The first-order valence-corrected chi connectivity index (χ1v) is 13.7. The lowest BCUT2D eigenvalue weighted by molar-refractivity contribution is 0.221. The van der Waals surface area contributed by atoms with E-state index in [2.05, 4.69) is 57.6 Å². The molecule has 38 heavy (non-hydrogen) atoms. The van der Waals surface area contributed by atoms with Crippen molar-refractivity contribution in [1.29, 1.82) is 0 Å². The Bertz CT molecular complexity index is 1310. The smallest absolute Gasteiger partial charge is 0.320 e. The highest BCUT2D eigenvalue weighted by Gasteiger charge is 2.15. The highest BCUT2D eigenvalue weighted by atomic mass is 16.5. The van der Waals surface area contributed by atoms with Gasteiger partial charge in [0.1, 0.15) is 11.6 Å². The molecule has 5 rings (SSSR count). The van der Waals surface area contributed by atoms with Crippen LogP contribution in [-0.4, -0.2) is 51.5 Å². The van der Waals surface area contributed by atoms with Crippen LogP contribution >= 0.6 is 0 Å². The summed E-state index contributed by atoms with van der Waals surface area (Å²) in [5.74, 6) is 1.54. The van der Waals surface area contributed by atoms with Gasteiger partial charge in [-0.05, 0) is 61.2 Å². The lowest BCUT2D eigenvalue weighted by atomic mass is 10.1. The Morgan fingerprint density at radius 1 is 0.921 bits per heavy atom. The molecule has 0 radical (unpaired) electrons. The maximum Gasteiger partial charge on any atom is 0.320 e. The van der Waals surface area contributed by atoms with E-state index < -0.39 is 0 Å². The van der Waals surface area contributed by atoms with Crippen LogP contribution in [0.1, 0.15) is 55.7 Å². The number of ether oxygens (including phenoxy) is 2. The van der Waals surface area contributed by atoms with Gasteiger partial charge in [-0.25, -0.2) is 4.68 Å². The monoisotopic (exact) mass is 514 g/mol. The third kappa shape index (κ3) is 6.61. The average Bonchev–Trinajstić information content (AvgIpc) is 3.36. The molecule has 1 aliphatic heterocycles. The maximum atomic E-state index is 5.92. The number of nitrogens with one attached hydrogen (secondary N) is 1. The lowest BCUT2D eigenvalue weighted by Crippen LogP contribution is -2.29. The number of unbranched alkanes of at least 4 members (excludes halogenated alkanes) is 1. The maximum absolute atomic E-state index is 5.92. The summed E-state index contributed by atoms with van der Waals surface area (Å²) in [6.45, 7) is 7.40. The van der Waals surface area contributed by atoms with Gasteiger partial charge < -0.3 is 14.8 Å². The summed E-state index contributed by atoms with van der Waals surface area (Å²) in [4.78, 5) is 12.0. The van der Waals surface area contributed by atoms with E-state index in [1.165, 1.54) is 43.5 Å². The molecule has 1 aliphatic rings. The van der Waals surface area contributed by atoms with E-state index in [-0.39, 0.29) is 0 Å². The number of aromatic nitrogens is 4. The summed E-state index contributed by atoms with van der Waals surface area (Å²) < 4.78 is 13.2. The van der Waals surface area contributed by atoms with Crippen LogP contribution in [-0.2, 0) is 19.6 Å². The number of methoxy groups -OCH3 is 1. The van der Waals surface area contributed by atoms with Crippen LogP contribution in [0.4, 0.5) is 5.82 Å². The van der Waals surface area contributed by atoms with Crippen molar-refractivity contribution in [1.82, 2.24) is 24.6 Å². The van der Waals surface area contributed by atoms with Gasteiger partial charge in [-0.3, -0.25) is 4.90 Å². The van der Waals surface area contributed by atoms with Crippen molar-refractivity contribution >= 4 is 16.9 Å². The molecule has 0 unspecified atom stereocenters. The van der Waals surface area contributed by atoms with Crippen LogP contribution in [0.5, 0.6) is 11.8 Å². The quantitative estimate of drug-likeness (QED) is 0.244. The molecule has 1 fully saturated rings. The zero-order chi connectivity index (χ0) is 26.2. The third-order valence-electron chi connectivity index (χ3n) is 7.01. The van der Waals surface area contributed by atoms with E-state index in [1.807, 2.05) is 29.1 Å². The summed E-state index contributed by atoms with van der Waals surface area (Å²) in [5.41, 5.74) is 4.41. The van der Waals surface area contributed by atoms with Crippen molar-refractivity contribution < 1.29 is 9.47 Å². The summed E-state index contributed by atoms with van der Waals surface area (Å²) in [6.07, 6.45) is 7.83. The fourth-order valence-corrected chi connectivity index (χ4v) is 4.83. The minimum atomic E-state index is 0.373. The number of hydrogen-bond donors (Lipinski definition) is 1. The molecular weight excluding hydrogens is 476 g/mol. The summed E-state index contributed by atoms with van der Waals surface area (Å²) in [6, 6.07) is 17.3.